The number of nitrogens with one attached hydrogen (secondary N) is 2. The van der Waals surface area contributed by atoms with Crippen LogP contribution in [-0.2, 0) is 4.79 Å². The molecule has 1 atom stereocenters. The Morgan fingerprint density at radius 3 is 2.48 bits per heavy atom. The van der Waals surface area contributed by atoms with Crippen LogP contribution in [0.3, 0.4) is 0 Å². The number of aromatic nitrogens is 2. The third-order valence-corrected chi connectivity index (χ3v) is 4.06. The van der Waals surface area contributed by atoms with E-state index in [-0.39, 0.29) is 18.3 Å². The Balaban J connectivity index is 0.00000192. The molecule has 1 aromatic carbocycles. The molecule has 1 amide bonds. The maximum atomic E-state index is 12.4. The van der Waals surface area contributed by atoms with Crippen molar-refractivity contribution >= 4 is 24.0 Å². The second-order valence-electron chi connectivity index (χ2n) is 5.83. The minimum Gasteiger partial charge on any atom is -0.322 e. The number of hydrogen-bond donors (Lipinski definition) is 2. The van der Waals surface area contributed by atoms with E-state index in [1.165, 1.54) is 0 Å². The molecule has 3 rings (SSSR count). The summed E-state index contributed by atoms with van der Waals surface area (Å²) >= 11 is 0. The van der Waals surface area contributed by atoms with Gasteiger partial charge in [-0.1, -0.05) is 30.3 Å². The lowest BCUT2D eigenvalue weighted by Crippen LogP contribution is -2.54. The van der Waals surface area contributed by atoms with Crippen molar-refractivity contribution in [1.29, 1.82) is 0 Å². The van der Waals surface area contributed by atoms with Gasteiger partial charge in [-0.3, -0.25) is 4.79 Å². The van der Waals surface area contributed by atoms with Gasteiger partial charge in [0, 0.05) is 5.56 Å². The van der Waals surface area contributed by atoms with E-state index in [9.17, 15) is 4.79 Å². The fraction of sp³-hybridized carbons (Fsp3) is 0.353. The lowest BCUT2D eigenvalue weighted by Gasteiger charge is -2.33. The lowest BCUT2D eigenvalue weighted by atomic mass is 9.90. The Bertz CT molecular complexity index is 639. The van der Waals surface area contributed by atoms with Crippen LogP contribution in [0.15, 0.2) is 42.7 Å². The topological polar surface area (TPSA) is 66.9 Å². The summed E-state index contributed by atoms with van der Waals surface area (Å²) in [5.41, 5.74) is 1.08. The number of rotatable bonds is 3. The Hall–Kier alpha value is -1.98. The average molecular weight is 333 g/mol. The molecule has 6 heteroatoms. The highest BCUT2D eigenvalue weighted by atomic mass is 35.5. The summed E-state index contributed by atoms with van der Waals surface area (Å²) in [5, 5.41) is 6.20. The maximum Gasteiger partial charge on any atom is 0.244 e. The molecular formula is C17H21ClN4O. The van der Waals surface area contributed by atoms with Gasteiger partial charge < -0.3 is 10.6 Å². The van der Waals surface area contributed by atoms with Crippen molar-refractivity contribution in [2.45, 2.75) is 31.7 Å². The van der Waals surface area contributed by atoms with Crippen molar-refractivity contribution in [3.05, 3.63) is 42.7 Å². The normalized spacial score (nSPS) is 20.4. The first-order chi connectivity index (χ1) is 10.7. The van der Waals surface area contributed by atoms with Crippen molar-refractivity contribution in [3.63, 3.8) is 0 Å². The van der Waals surface area contributed by atoms with Gasteiger partial charge in [0.25, 0.3) is 0 Å². The first-order valence-corrected chi connectivity index (χ1v) is 7.61. The first-order valence-electron chi connectivity index (χ1n) is 7.61. The molecule has 5 nitrogen and oxygen atoms in total. The van der Waals surface area contributed by atoms with Gasteiger partial charge in [0.05, 0.1) is 23.6 Å². The van der Waals surface area contributed by atoms with Gasteiger partial charge in [-0.25, -0.2) is 9.97 Å². The van der Waals surface area contributed by atoms with Gasteiger partial charge in [-0.05, 0) is 32.7 Å². The number of piperidine rings is 1. The highest BCUT2D eigenvalue weighted by Gasteiger charge is 2.34. The van der Waals surface area contributed by atoms with Crippen LogP contribution >= 0.6 is 12.4 Å². The van der Waals surface area contributed by atoms with Crippen LogP contribution in [-0.4, -0.2) is 28.0 Å². The molecule has 1 aromatic heterocycles. The number of benzene rings is 1. The van der Waals surface area contributed by atoms with Gasteiger partial charge in [-0.2, -0.15) is 0 Å². The molecule has 0 radical (unpaired) electrons. The minimum atomic E-state index is -0.504. The highest BCUT2D eigenvalue weighted by Crippen LogP contribution is 2.21. The SMILES string of the molecule is CC1(C(=O)Nc2cnc(-c3ccccc3)nc2)CCCCN1.Cl. The van der Waals surface area contributed by atoms with E-state index in [0.29, 0.717) is 11.5 Å². The third-order valence-electron chi connectivity index (χ3n) is 4.06. The van der Waals surface area contributed by atoms with Crippen LogP contribution in [0.25, 0.3) is 11.4 Å². The first kappa shape index (κ1) is 17.4. The van der Waals surface area contributed by atoms with E-state index in [1.807, 2.05) is 37.3 Å². The van der Waals surface area contributed by atoms with Crippen molar-refractivity contribution in [2.24, 2.45) is 0 Å². The number of carbonyl (C=O) groups is 1. The second kappa shape index (κ2) is 7.53. The van der Waals surface area contributed by atoms with E-state index < -0.39 is 5.54 Å². The summed E-state index contributed by atoms with van der Waals surface area (Å²) in [7, 11) is 0. The van der Waals surface area contributed by atoms with E-state index in [2.05, 4.69) is 20.6 Å². The molecule has 2 heterocycles. The standard InChI is InChI=1S/C17H20N4O.ClH/c1-17(9-5-6-10-20-17)16(22)21-14-11-18-15(19-12-14)13-7-3-2-4-8-13;/h2-4,7-8,11-12,20H,5-6,9-10H2,1H3,(H,21,22);1H. The molecule has 0 bridgehead atoms. The van der Waals surface area contributed by atoms with Crippen molar-refractivity contribution < 1.29 is 4.79 Å². The quantitative estimate of drug-likeness (QED) is 0.906. The summed E-state index contributed by atoms with van der Waals surface area (Å²) in [6, 6.07) is 9.77. The molecular weight excluding hydrogens is 312 g/mol. The fourth-order valence-electron chi connectivity index (χ4n) is 2.65. The summed E-state index contributed by atoms with van der Waals surface area (Å²) in [4.78, 5) is 21.1. The number of hydrogen-bond acceptors (Lipinski definition) is 4. The second-order valence-corrected chi connectivity index (χ2v) is 5.83. The number of anilines is 1. The van der Waals surface area contributed by atoms with Crippen LogP contribution in [0.4, 0.5) is 5.69 Å². The molecule has 1 aliphatic rings. The molecule has 1 fully saturated rings. The number of nitrogens with zero attached hydrogens (tertiary/aromatic N) is 2. The molecule has 122 valence electrons. The highest BCUT2D eigenvalue weighted by molar-refractivity contribution is 5.97. The monoisotopic (exact) mass is 332 g/mol. The summed E-state index contributed by atoms with van der Waals surface area (Å²) in [6.07, 6.45) is 6.35. The smallest absolute Gasteiger partial charge is 0.244 e. The Morgan fingerprint density at radius 2 is 1.87 bits per heavy atom. The van der Waals surface area contributed by atoms with Crippen molar-refractivity contribution in [3.8, 4) is 11.4 Å². The van der Waals surface area contributed by atoms with E-state index >= 15 is 0 Å². The van der Waals surface area contributed by atoms with Gasteiger partial charge in [0.1, 0.15) is 0 Å². The predicted molar refractivity (Wildman–Crippen MR) is 93.6 cm³/mol. The van der Waals surface area contributed by atoms with Crippen LogP contribution < -0.4 is 10.6 Å². The Labute approximate surface area is 142 Å². The number of halogens is 1. The van der Waals surface area contributed by atoms with Gasteiger partial charge in [0.2, 0.25) is 5.91 Å². The van der Waals surface area contributed by atoms with Crippen molar-refractivity contribution in [2.75, 3.05) is 11.9 Å². The molecule has 23 heavy (non-hydrogen) atoms. The van der Waals surface area contributed by atoms with Crippen LogP contribution in [0, 0.1) is 0 Å². The Morgan fingerprint density at radius 1 is 1.17 bits per heavy atom. The molecule has 0 aliphatic carbocycles. The lowest BCUT2D eigenvalue weighted by molar-refractivity contribution is -0.122. The van der Waals surface area contributed by atoms with Gasteiger partial charge in [0.15, 0.2) is 5.82 Å². The van der Waals surface area contributed by atoms with Gasteiger partial charge in [-0.15, -0.1) is 12.4 Å². The number of carbonyl (C=O) groups excluding carboxylic acids is 1. The van der Waals surface area contributed by atoms with E-state index in [0.717, 1.165) is 31.4 Å². The molecule has 2 aromatic rings. The zero-order valence-corrected chi connectivity index (χ0v) is 13.9. The predicted octanol–water partition coefficient (Wildman–Crippen LogP) is 3.04. The summed E-state index contributed by atoms with van der Waals surface area (Å²) < 4.78 is 0. The van der Waals surface area contributed by atoms with E-state index in [1.54, 1.807) is 12.4 Å². The Kier molecular flexibility index (Phi) is 5.69. The molecule has 1 unspecified atom stereocenters. The van der Waals surface area contributed by atoms with Gasteiger partial charge >= 0.3 is 0 Å². The van der Waals surface area contributed by atoms with Crippen molar-refractivity contribution in [1.82, 2.24) is 15.3 Å². The molecule has 1 aliphatic heterocycles. The maximum absolute atomic E-state index is 12.4. The van der Waals surface area contributed by atoms with E-state index in [4.69, 9.17) is 0 Å². The van der Waals surface area contributed by atoms with Crippen LogP contribution in [0.1, 0.15) is 26.2 Å². The molecule has 0 spiro atoms. The third kappa shape index (κ3) is 4.06. The summed E-state index contributed by atoms with van der Waals surface area (Å²) in [6.45, 7) is 2.83. The zero-order chi connectivity index (χ0) is 15.4. The average Bonchev–Trinajstić information content (AvgIpc) is 2.57. The van der Waals surface area contributed by atoms with Crippen LogP contribution in [0.2, 0.25) is 0 Å². The minimum absolute atomic E-state index is 0. The largest absolute Gasteiger partial charge is 0.322 e. The zero-order valence-electron chi connectivity index (χ0n) is 13.1. The summed E-state index contributed by atoms with van der Waals surface area (Å²) in [5.74, 6) is 0.629. The fourth-order valence-corrected chi connectivity index (χ4v) is 2.65. The van der Waals surface area contributed by atoms with Crippen LogP contribution in [0.5, 0.6) is 0 Å². The molecule has 1 saturated heterocycles. The molecule has 0 saturated carbocycles. The molecule has 2 N–H and O–H groups in total. The number of amides is 1.